The molecule has 1 amide bonds. The van der Waals surface area contributed by atoms with Crippen molar-refractivity contribution in [2.75, 3.05) is 11.9 Å². The zero-order chi connectivity index (χ0) is 16.1. The van der Waals surface area contributed by atoms with Crippen LogP contribution < -0.4 is 10.1 Å². The van der Waals surface area contributed by atoms with Crippen molar-refractivity contribution >= 4 is 11.6 Å². The van der Waals surface area contributed by atoms with Gasteiger partial charge in [0.1, 0.15) is 11.6 Å². The number of hydrogen-bond donors (Lipinski definition) is 1. The molecule has 1 aromatic heterocycles. The number of ether oxygens (including phenoxy) is 1. The van der Waals surface area contributed by atoms with Gasteiger partial charge in [0.25, 0.3) is 5.91 Å². The first-order valence-electron chi connectivity index (χ1n) is 6.98. The van der Waals surface area contributed by atoms with E-state index in [4.69, 9.17) is 4.74 Å². The van der Waals surface area contributed by atoms with E-state index in [0.717, 1.165) is 5.69 Å². The van der Waals surface area contributed by atoms with Crippen LogP contribution in [0.1, 0.15) is 0 Å². The molecule has 0 unspecified atom stereocenters. The van der Waals surface area contributed by atoms with Crippen LogP contribution in [0.5, 0.6) is 5.75 Å². The zero-order valence-corrected chi connectivity index (χ0v) is 12.1. The highest BCUT2D eigenvalue weighted by Crippen LogP contribution is 2.19. The molecule has 116 valence electrons. The Morgan fingerprint density at radius 3 is 2.70 bits per heavy atom. The fourth-order valence-corrected chi connectivity index (χ4v) is 2.07. The van der Waals surface area contributed by atoms with Crippen LogP contribution in [0.3, 0.4) is 0 Å². The highest BCUT2D eigenvalue weighted by Gasteiger charge is 2.08. The molecule has 0 saturated heterocycles. The maximum Gasteiger partial charge on any atom is 0.262 e. The zero-order valence-electron chi connectivity index (χ0n) is 12.1. The lowest BCUT2D eigenvalue weighted by Gasteiger charge is -2.12. The Morgan fingerprint density at radius 1 is 1.17 bits per heavy atom. The smallest absolute Gasteiger partial charge is 0.262 e. The van der Waals surface area contributed by atoms with E-state index in [9.17, 15) is 9.18 Å². The number of para-hydroxylation sites is 2. The Bertz CT molecular complexity index is 786. The third-order valence-electron chi connectivity index (χ3n) is 3.14. The van der Waals surface area contributed by atoms with Gasteiger partial charge in [-0.15, -0.1) is 0 Å². The topological polar surface area (TPSA) is 56.1 Å². The maximum absolute atomic E-state index is 12.8. The van der Waals surface area contributed by atoms with E-state index in [2.05, 4.69) is 10.3 Å². The molecule has 6 heteroatoms. The van der Waals surface area contributed by atoms with E-state index in [0.29, 0.717) is 11.4 Å². The van der Waals surface area contributed by atoms with Gasteiger partial charge in [0.2, 0.25) is 0 Å². The standard InChI is InChI=1S/C17H14FN3O2/c18-13-5-7-14(8-6-13)23-11-17(22)20-15-3-1-2-4-16(15)21-10-9-19-12-21/h1-10,12H,11H2,(H,20,22). The molecule has 1 heterocycles. The first-order valence-corrected chi connectivity index (χ1v) is 6.98. The number of aromatic nitrogens is 2. The third kappa shape index (κ3) is 3.74. The molecule has 0 aliphatic heterocycles. The van der Waals surface area contributed by atoms with E-state index in [1.165, 1.54) is 24.3 Å². The van der Waals surface area contributed by atoms with Crippen molar-refractivity contribution in [1.29, 1.82) is 0 Å². The molecule has 0 atom stereocenters. The van der Waals surface area contributed by atoms with Crippen molar-refractivity contribution in [2.45, 2.75) is 0 Å². The fraction of sp³-hybridized carbons (Fsp3) is 0.0588. The van der Waals surface area contributed by atoms with Crippen molar-refractivity contribution in [3.8, 4) is 11.4 Å². The van der Waals surface area contributed by atoms with Crippen LogP contribution in [0.4, 0.5) is 10.1 Å². The molecule has 0 bridgehead atoms. The molecule has 5 nitrogen and oxygen atoms in total. The lowest BCUT2D eigenvalue weighted by atomic mass is 10.2. The SMILES string of the molecule is O=C(COc1ccc(F)cc1)Nc1ccccc1-n1ccnc1. The van der Waals surface area contributed by atoms with Crippen LogP contribution in [0.2, 0.25) is 0 Å². The maximum atomic E-state index is 12.8. The van der Waals surface area contributed by atoms with Crippen molar-refractivity contribution in [2.24, 2.45) is 0 Å². The predicted octanol–water partition coefficient (Wildman–Crippen LogP) is 3.03. The summed E-state index contributed by atoms with van der Waals surface area (Å²) in [6.45, 7) is -0.163. The number of benzene rings is 2. The summed E-state index contributed by atoms with van der Waals surface area (Å²) in [6, 6.07) is 12.9. The van der Waals surface area contributed by atoms with Crippen LogP contribution >= 0.6 is 0 Å². The molecule has 2 aromatic carbocycles. The number of anilines is 1. The van der Waals surface area contributed by atoms with Gasteiger partial charge in [0.15, 0.2) is 6.61 Å². The second kappa shape index (κ2) is 6.74. The van der Waals surface area contributed by atoms with Crippen molar-refractivity contribution in [3.63, 3.8) is 0 Å². The largest absolute Gasteiger partial charge is 0.484 e. The summed E-state index contributed by atoms with van der Waals surface area (Å²) in [5.74, 6) is -0.220. The van der Waals surface area contributed by atoms with Crippen molar-refractivity contribution in [1.82, 2.24) is 9.55 Å². The minimum absolute atomic E-state index is 0.163. The monoisotopic (exact) mass is 311 g/mol. The predicted molar refractivity (Wildman–Crippen MR) is 84.1 cm³/mol. The van der Waals surface area contributed by atoms with Crippen LogP contribution in [-0.4, -0.2) is 22.1 Å². The molecule has 3 rings (SSSR count). The number of amides is 1. The number of nitrogens with one attached hydrogen (secondary N) is 1. The molecule has 0 saturated carbocycles. The number of hydrogen-bond acceptors (Lipinski definition) is 3. The highest BCUT2D eigenvalue weighted by molar-refractivity contribution is 5.93. The second-order valence-corrected chi connectivity index (χ2v) is 4.78. The van der Waals surface area contributed by atoms with E-state index in [-0.39, 0.29) is 18.3 Å². The van der Waals surface area contributed by atoms with Gasteiger partial charge >= 0.3 is 0 Å². The summed E-state index contributed by atoms with van der Waals surface area (Å²) in [5.41, 5.74) is 1.46. The number of rotatable bonds is 5. The van der Waals surface area contributed by atoms with Crippen molar-refractivity contribution in [3.05, 3.63) is 73.1 Å². The number of imidazole rings is 1. The molecule has 3 aromatic rings. The van der Waals surface area contributed by atoms with E-state index in [1.54, 1.807) is 29.4 Å². The Kier molecular flexibility index (Phi) is 4.33. The van der Waals surface area contributed by atoms with Gasteiger partial charge < -0.3 is 14.6 Å². The van der Waals surface area contributed by atoms with Crippen LogP contribution in [0.15, 0.2) is 67.3 Å². The Labute approximate surface area is 132 Å². The van der Waals surface area contributed by atoms with Gasteiger partial charge in [-0.2, -0.15) is 0 Å². The first kappa shape index (κ1) is 14.8. The summed E-state index contributed by atoms with van der Waals surface area (Å²) in [6.07, 6.45) is 5.11. The lowest BCUT2D eigenvalue weighted by Crippen LogP contribution is -2.21. The Morgan fingerprint density at radius 2 is 1.96 bits per heavy atom. The summed E-state index contributed by atoms with van der Waals surface area (Å²) in [5, 5.41) is 2.79. The Hall–Kier alpha value is -3.15. The normalized spacial score (nSPS) is 10.3. The van der Waals surface area contributed by atoms with Gasteiger partial charge in [-0.05, 0) is 36.4 Å². The molecule has 0 aliphatic carbocycles. The lowest BCUT2D eigenvalue weighted by molar-refractivity contribution is -0.118. The number of nitrogens with zero attached hydrogens (tertiary/aromatic N) is 2. The minimum Gasteiger partial charge on any atom is -0.484 e. The molecule has 0 spiro atoms. The van der Waals surface area contributed by atoms with Crippen molar-refractivity contribution < 1.29 is 13.9 Å². The molecule has 23 heavy (non-hydrogen) atoms. The summed E-state index contributed by atoms with van der Waals surface area (Å²) >= 11 is 0. The average Bonchev–Trinajstić information content (AvgIpc) is 3.09. The molecule has 0 aliphatic rings. The average molecular weight is 311 g/mol. The van der Waals surface area contributed by atoms with Gasteiger partial charge in [-0.3, -0.25) is 4.79 Å². The van der Waals surface area contributed by atoms with Gasteiger partial charge in [0, 0.05) is 12.4 Å². The fourth-order valence-electron chi connectivity index (χ4n) is 2.07. The summed E-state index contributed by atoms with van der Waals surface area (Å²) < 4.78 is 19.9. The number of carbonyl (C=O) groups is 1. The molecule has 0 fully saturated rings. The minimum atomic E-state index is -0.351. The summed E-state index contributed by atoms with van der Waals surface area (Å²) in [4.78, 5) is 16.0. The molecular weight excluding hydrogens is 297 g/mol. The highest BCUT2D eigenvalue weighted by atomic mass is 19.1. The van der Waals surface area contributed by atoms with E-state index < -0.39 is 0 Å². The van der Waals surface area contributed by atoms with Gasteiger partial charge in [-0.1, -0.05) is 12.1 Å². The van der Waals surface area contributed by atoms with Gasteiger partial charge in [-0.25, -0.2) is 9.37 Å². The van der Waals surface area contributed by atoms with Crippen LogP contribution in [-0.2, 0) is 4.79 Å². The molecule has 0 radical (unpaired) electrons. The molecule has 1 N–H and O–H groups in total. The molecular formula is C17H14FN3O2. The number of carbonyl (C=O) groups excluding carboxylic acids is 1. The quantitative estimate of drug-likeness (QED) is 0.788. The third-order valence-corrected chi connectivity index (χ3v) is 3.14. The van der Waals surface area contributed by atoms with Gasteiger partial charge in [0.05, 0.1) is 17.7 Å². The Balaban J connectivity index is 1.65. The summed E-state index contributed by atoms with van der Waals surface area (Å²) in [7, 11) is 0. The van der Waals surface area contributed by atoms with E-state index in [1.807, 2.05) is 18.2 Å². The van der Waals surface area contributed by atoms with Crippen LogP contribution in [0, 0.1) is 5.82 Å². The second-order valence-electron chi connectivity index (χ2n) is 4.78. The van der Waals surface area contributed by atoms with E-state index >= 15 is 0 Å². The van der Waals surface area contributed by atoms with Crippen LogP contribution in [0.25, 0.3) is 5.69 Å². The first-order chi connectivity index (χ1) is 11.2. The number of halogens is 1.